The highest BCUT2D eigenvalue weighted by Crippen LogP contribution is 2.33. The van der Waals surface area contributed by atoms with Crippen LogP contribution in [0.1, 0.15) is 20.8 Å². The number of hydrogen-bond donors (Lipinski definition) is 2. The summed E-state index contributed by atoms with van der Waals surface area (Å²) in [5, 5.41) is 6.89. The van der Waals surface area contributed by atoms with Crippen LogP contribution in [0.25, 0.3) is 10.2 Å². The molecule has 0 fully saturated rings. The first-order chi connectivity index (χ1) is 14.6. The summed E-state index contributed by atoms with van der Waals surface area (Å²) in [6.07, 6.45) is -3.28. The number of ether oxygens (including phenoxy) is 1. The Morgan fingerprint density at radius 1 is 1.19 bits per heavy atom. The molecule has 7 nitrogen and oxygen atoms in total. The summed E-state index contributed by atoms with van der Waals surface area (Å²) in [6, 6.07) is 5.36. The molecule has 0 saturated carbocycles. The molecule has 0 radical (unpaired) electrons. The van der Waals surface area contributed by atoms with Gasteiger partial charge in [-0.3, -0.25) is 4.79 Å². The molecule has 1 amide bonds. The maximum absolute atomic E-state index is 12.7. The van der Waals surface area contributed by atoms with Crippen molar-refractivity contribution in [1.29, 1.82) is 0 Å². The minimum Gasteiger partial charge on any atom is -0.406 e. The number of nitrogens with zero attached hydrogens (tertiary/aromatic N) is 3. The van der Waals surface area contributed by atoms with E-state index in [2.05, 4.69) is 25.3 Å². The van der Waals surface area contributed by atoms with Crippen LogP contribution in [0.15, 0.2) is 30.6 Å². The van der Waals surface area contributed by atoms with Gasteiger partial charge in [0.25, 0.3) is 5.91 Å². The monoisotopic (exact) mass is 453 g/mol. The molecule has 0 aliphatic rings. The normalized spacial score (nSPS) is 11.7. The Balaban J connectivity index is 1.69. The highest BCUT2D eigenvalue weighted by molar-refractivity contribution is 7.20. The van der Waals surface area contributed by atoms with Gasteiger partial charge in [-0.2, -0.15) is 0 Å². The van der Waals surface area contributed by atoms with E-state index in [0.29, 0.717) is 27.6 Å². The number of likely N-dealkylation sites (N-methyl/N-ethyl adjacent to an activating group) is 1. The van der Waals surface area contributed by atoms with Gasteiger partial charge in [0.05, 0.1) is 10.3 Å². The molecule has 0 saturated heterocycles. The molecule has 3 aromatic rings. The third-order valence-electron chi connectivity index (χ3n) is 4.39. The zero-order chi connectivity index (χ0) is 22.6. The van der Waals surface area contributed by atoms with E-state index in [-0.39, 0.29) is 18.2 Å². The number of aryl methyl sites for hydroxylation is 1. The average Bonchev–Trinajstić information content (AvgIpc) is 3.03. The Morgan fingerprint density at radius 3 is 2.55 bits per heavy atom. The smallest absolute Gasteiger partial charge is 0.406 e. The number of rotatable bonds is 8. The number of fused-ring (bicyclic) bond motifs is 1. The number of nitrogens with one attached hydrogen (secondary N) is 2. The Kier molecular flexibility index (Phi) is 6.96. The Hall–Kier alpha value is -2.92. The predicted octanol–water partition coefficient (Wildman–Crippen LogP) is 3.80. The molecule has 2 N–H and O–H groups in total. The van der Waals surface area contributed by atoms with Crippen LogP contribution in [0.5, 0.6) is 5.75 Å². The minimum atomic E-state index is -4.74. The molecule has 2 aromatic heterocycles. The van der Waals surface area contributed by atoms with E-state index in [1.54, 1.807) is 0 Å². The number of halogens is 3. The molecule has 166 valence electrons. The zero-order valence-electron chi connectivity index (χ0n) is 17.2. The Morgan fingerprint density at radius 2 is 1.90 bits per heavy atom. The van der Waals surface area contributed by atoms with E-state index < -0.39 is 6.36 Å². The van der Waals surface area contributed by atoms with Crippen molar-refractivity contribution < 1.29 is 22.7 Å². The van der Waals surface area contributed by atoms with Gasteiger partial charge in [-0.15, -0.1) is 24.5 Å². The van der Waals surface area contributed by atoms with Gasteiger partial charge in [0, 0.05) is 19.6 Å². The van der Waals surface area contributed by atoms with E-state index in [9.17, 15) is 18.0 Å². The Bertz CT molecular complexity index is 1050. The quantitative estimate of drug-likeness (QED) is 0.540. The van der Waals surface area contributed by atoms with Gasteiger partial charge in [-0.05, 0) is 44.3 Å². The first-order valence-electron chi connectivity index (χ1n) is 9.39. The topological polar surface area (TPSA) is 79.4 Å². The van der Waals surface area contributed by atoms with Gasteiger partial charge in [0.2, 0.25) is 0 Å². The van der Waals surface area contributed by atoms with Crippen molar-refractivity contribution in [2.75, 3.05) is 32.5 Å². The lowest BCUT2D eigenvalue weighted by molar-refractivity contribution is -0.274. The van der Waals surface area contributed by atoms with Gasteiger partial charge in [0.15, 0.2) is 0 Å². The molecule has 0 spiro atoms. The van der Waals surface area contributed by atoms with Gasteiger partial charge in [-0.1, -0.05) is 12.1 Å². The van der Waals surface area contributed by atoms with E-state index in [4.69, 9.17) is 0 Å². The fourth-order valence-corrected chi connectivity index (χ4v) is 3.96. The SMILES string of the molecule is Cc1c(C(=O)NCc2ccc(OC(F)(F)F)cc2)sc2ncnc(NCCN(C)C)c12. The van der Waals surface area contributed by atoms with E-state index in [1.807, 2.05) is 25.9 Å². The van der Waals surface area contributed by atoms with Crippen LogP contribution in [0.2, 0.25) is 0 Å². The molecule has 0 aliphatic carbocycles. The fraction of sp³-hybridized carbons (Fsp3) is 0.350. The number of benzene rings is 1. The number of anilines is 1. The summed E-state index contributed by atoms with van der Waals surface area (Å²) in [4.78, 5) is 24.6. The molecule has 3 rings (SSSR count). The molecule has 0 bridgehead atoms. The second-order valence-corrected chi connectivity index (χ2v) is 8.06. The number of thiophene rings is 1. The van der Waals surface area contributed by atoms with Crippen molar-refractivity contribution in [1.82, 2.24) is 20.2 Å². The van der Waals surface area contributed by atoms with E-state index in [1.165, 1.54) is 41.9 Å². The van der Waals surface area contributed by atoms with Crippen LogP contribution in [0.4, 0.5) is 19.0 Å². The third kappa shape index (κ3) is 6.05. The predicted molar refractivity (Wildman–Crippen MR) is 113 cm³/mol. The minimum absolute atomic E-state index is 0.165. The van der Waals surface area contributed by atoms with Crippen LogP contribution in [0, 0.1) is 6.92 Å². The zero-order valence-corrected chi connectivity index (χ0v) is 18.0. The molecule has 2 heterocycles. The summed E-state index contributed by atoms with van der Waals surface area (Å²) < 4.78 is 40.6. The van der Waals surface area contributed by atoms with E-state index >= 15 is 0 Å². The lowest BCUT2D eigenvalue weighted by atomic mass is 10.2. The molecule has 0 unspecified atom stereocenters. The molecule has 1 aromatic carbocycles. The number of carbonyl (C=O) groups is 1. The number of carbonyl (C=O) groups excluding carboxylic acids is 1. The van der Waals surface area contributed by atoms with Crippen LogP contribution in [-0.2, 0) is 6.54 Å². The van der Waals surface area contributed by atoms with Gasteiger partial charge < -0.3 is 20.3 Å². The second kappa shape index (κ2) is 9.48. The highest BCUT2D eigenvalue weighted by Gasteiger charge is 2.31. The summed E-state index contributed by atoms with van der Waals surface area (Å²) in [5.41, 5.74) is 1.42. The third-order valence-corrected chi connectivity index (χ3v) is 5.59. The van der Waals surface area contributed by atoms with Crippen molar-refractivity contribution >= 4 is 33.3 Å². The molecule has 0 atom stereocenters. The number of alkyl halides is 3. The van der Waals surface area contributed by atoms with Crippen LogP contribution in [0.3, 0.4) is 0 Å². The van der Waals surface area contributed by atoms with E-state index in [0.717, 1.165) is 17.5 Å². The maximum atomic E-state index is 12.7. The van der Waals surface area contributed by atoms with Crippen molar-refractivity contribution in [3.05, 3.63) is 46.6 Å². The molecule has 31 heavy (non-hydrogen) atoms. The van der Waals surface area contributed by atoms with Gasteiger partial charge in [0.1, 0.15) is 22.7 Å². The Labute approximate surface area is 181 Å². The fourth-order valence-electron chi connectivity index (χ4n) is 2.89. The van der Waals surface area contributed by atoms with Crippen LogP contribution >= 0.6 is 11.3 Å². The summed E-state index contributed by atoms with van der Waals surface area (Å²) >= 11 is 1.27. The largest absolute Gasteiger partial charge is 0.573 e. The first-order valence-corrected chi connectivity index (χ1v) is 10.2. The number of amides is 1. The van der Waals surface area contributed by atoms with Crippen LogP contribution in [-0.4, -0.2) is 54.3 Å². The number of aromatic nitrogens is 2. The summed E-state index contributed by atoms with van der Waals surface area (Å²) in [7, 11) is 3.96. The van der Waals surface area contributed by atoms with Crippen molar-refractivity contribution in [3.63, 3.8) is 0 Å². The molecular formula is C20H22F3N5O2S. The standard InChI is InChI=1S/C20H22F3N5O2S/c1-12-15-17(24-8-9-28(2)3)26-11-27-19(15)31-16(12)18(29)25-10-13-4-6-14(7-5-13)30-20(21,22)23/h4-7,11H,8-10H2,1-3H3,(H,25,29)(H,24,26,27). The molecule has 0 aliphatic heterocycles. The number of hydrogen-bond acceptors (Lipinski definition) is 7. The lowest BCUT2D eigenvalue weighted by Crippen LogP contribution is -2.22. The lowest BCUT2D eigenvalue weighted by Gasteiger charge is -2.11. The average molecular weight is 453 g/mol. The second-order valence-electron chi connectivity index (χ2n) is 7.06. The molecular weight excluding hydrogens is 431 g/mol. The van der Waals surface area contributed by atoms with Crippen molar-refractivity contribution in [2.24, 2.45) is 0 Å². The van der Waals surface area contributed by atoms with Gasteiger partial charge >= 0.3 is 6.36 Å². The summed E-state index contributed by atoms with van der Waals surface area (Å²) in [5.74, 6) is 0.0889. The highest BCUT2D eigenvalue weighted by atomic mass is 32.1. The van der Waals surface area contributed by atoms with Gasteiger partial charge in [-0.25, -0.2) is 9.97 Å². The van der Waals surface area contributed by atoms with Crippen molar-refractivity contribution in [3.8, 4) is 5.75 Å². The molecule has 11 heteroatoms. The summed E-state index contributed by atoms with van der Waals surface area (Å²) in [6.45, 7) is 3.54. The van der Waals surface area contributed by atoms with Crippen LogP contribution < -0.4 is 15.4 Å². The maximum Gasteiger partial charge on any atom is 0.573 e. The van der Waals surface area contributed by atoms with Crippen molar-refractivity contribution in [2.45, 2.75) is 19.8 Å². The first kappa shape index (κ1) is 22.8.